The number of carbonyl (C=O) groups excluding carboxylic acids is 1. The molecule has 206 valence electrons. The van der Waals surface area contributed by atoms with Gasteiger partial charge >= 0.3 is 12.1 Å². The molecule has 39 heavy (non-hydrogen) atoms. The van der Waals surface area contributed by atoms with Crippen molar-refractivity contribution in [3.63, 3.8) is 0 Å². The third-order valence-corrected chi connectivity index (χ3v) is 6.00. The second-order valence-corrected chi connectivity index (χ2v) is 8.61. The van der Waals surface area contributed by atoms with E-state index in [0.29, 0.717) is 49.8 Å². The van der Waals surface area contributed by atoms with Crippen molar-refractivity contribution >= 4 is 29.7 Å². The fraction of sp³-hybridized carbons (Fsp3) is 0.269. The zero-order valence-corrected chi connectivity index (χ0v) is 20.3. The first-order valence-corrected chi connectivity index (χ1v) is 11.8. The lowest BCUT2D eigenvalue weighted by Gasteiger charge is -2.29. The predicted octanol–water partition coefficient (Wildman–Crippen LogP) is 4.28. The Hall–Kier alpha value is -4.26. The Morgan fingerprint density at radius 3 is 2.36 bits per heavy atom. The molecule has 3 N–H and O–H groups in total. The van der Waals surface area contributed by atoms with Crippen LogP contribution in [0.25, 0.3) is 23.4 Å². The number of benzene rings is 1. The Morgan fingerprint density at radius 2 is 1.74 bits per heavy atom. The number of fused-ring (bicyclic) bond motifs is 1. The number of hydrogen-bond donors (Lipinski definition) is 3. The summed E-state index contributed by atoms with van der Waals surface area (Å²) in [4.78, 5) is 30.4. The fourth-order valence-electron chi connectivity index (χ4n) is 4.06. The Kier molecular flexibility index (Phi) is 8.29. The van der Waals surface area contributed by atoms with Crippen molar-refractivity contribution in [1.29, 1.82) is 0 Å². The highest BCUT2D eigenvalue weighted by Crippen LogP contribution is 2.27. The van der Waals surface area contributed by atoms with Crippen LogP contribution in [0.1, 0.15) is 27.3 Å². The van der Waals surface area contributed by atoms with Crippen LogP contribution in [0, 0.1) is 11.6 Å². The number of aromatic amines is 1. The third kappa shape index (κ3) is 6.79. The SMILES string of the molecule is O=C(O)C(F)(F)F.O=C1NCCc2[nH]c(-c3ccnc(/C=C/c4c(F)cc(N5CCOCC5)cc4F)c3)cc21. The summed E-state index contributed by atoms with van der Waals surface area (Å²) < 4.78 is 66.4. The second-order valence-electron chi connectivity index (χ2n) is 8.61. The Labute approximate surface area is 219 Å². The number of carbonyl (C=O) groups is 2. The molecule has 0 saturated carbocycles. The van der Waals surface area contributed by atoms with Crippen LogP contribution in [0.5, 0.6) is 0 Å². The molecule has 1 amide bonds. The first-order valence-electron chi connectivity index (χ1n) is 11.8. The van der Waals surface area contributed by atoms with Crippen LogP contribution in [0.4, 0.5) is 27.6 Å². The molecular weight excluding hydrogens is 527 g/mol. The highest BCUT2D eigenvalue weighted by Gasteiger charge is 2.38. The second kappa shape index (κ2) is 11.6. The van der Waals surface area contributed by atoms with Crippen molar-refractivity contribution in [2.24, 2.45) is 0 Å². The average Bonchev–Trinajstić information content (AvgIpc) is 3.35. The van der Waals surface area contributed by atoms with E-state index in [1.54, 1.807) is 12.3 Å². The van der Waals surface area contributed by atoms with Gasteiger partial charge in [-0.2, -0.15) is 13.2 Å². The number of pyridine rings is 1. The summed E-state index contributed by atoms with van der Waals surface area (Å²) in [6, 6.07) is 8.16. The van der Waals surface area contributed by atoms with Gasteiger partial charge in [0.15, 0.2) is 0 Å². The summed E-state index contributed by atoms with van der Waals surface area (Å²) in [6.45, 7) is 2.91. The number of nitrogens with one attached hydrogen (secondary N) is 2. The van der Waals surface area contributed by atoms with Crippen molar-refractivity contribution in [2.75, 3.05) is 37.7 Å². The quantitative estimate of drug-likeness (QED) is 0.419. The molecule has 0 unspecified atom stereocenters. The molecule has 0 radical (unpaired) electrons. The first-order chi connectivity index (χ1) is 18.5. The monoisotopic (exact) mass is 550 g/mol. The van der Waals surface area contributed by atoms with Gasteiger partial charge in [-0.3, -0.25) is 9.78 Å². The lowest BCUT2D eigenvalue weighted by atomic mass is 10.1. The van der Waals surface area contributed by atoms with E-state index in [1.807, 2.05) is 23.1 Å². The lowest BCUT2D eigenvalue weighted by Crippen LogP contribution is -2.36. The topological polar surface area (TPSA) is 108 Å². The first kappa shape index (κ1) is 27.8. The molecule has 8 nitrogen and oxygen atoms in total. The summed E-state index contributed by atoms with van der Waals surface area (Å²) >= 11 is 0. The Bertz CT molecular complexity index is 1370. The molecule has 2 aromatic heterocycles. The van der Waals surface area contributed by atoms with Gasteiger partial charge in [0.25, 0.3) is 5.91 Å². The van der Waals surface area contributed by atoms with E-state index >= 15 is 0 Å². The number of aliphatic carboxylic acids is 1. The summed E-state index contributed by atoms with van der Waals surface area (Å²) in [7, 11) is 0. The number of nitrogens with zero attached hydrogens (tertiary/aromatic N) is 2. The molecule has 0 spiro atoms. The molecule has 2 aliphatic rings. The molecular formula is C26H23F5N4O4. The molecule has 1 fully saturated rings. The van der Waals surface area contributed by atoms with Crippen LogP contribution in [-0.2, 0) is 16.0 Å². The fourth-order valence-corrected chi connectivity index (χ4v) is 4.06. The number of morpholine rings is 1. The Balaban J connectivity index is 0.000000448. The summed E-state index contributed by atoms with van der Waals surface area (Å²) in [5.41, 5.74) is 4.14. The smallest absolute Gasteiger partial charge is 0.475 e. The van der Waals surface area contributed by atoms with Crippen molar-refractivity contribution in [1.82, 2.24) is 15.3 Å². The number of aromatic nitrogens is 2. The van der Waals surface area contributed by atoms with Crippen LogP contribution in [0.2, 0.25) is 0 Å². The van der Waals surface area contributed by atoms with E-state index in [0.717, 1.165) is 23.4 Å². The lowest BCUT2D eigenvalue weighted by molar-refractivity contribution is -0.192. The van der Waals surface area contributed by atoms with E-state index in [9.17, 15) is 26.7 Å². The van der Waals surface area contributed by atoms with Crippen molar-refractivity contribution < 1.29 is 41.4 Å². The number of hydrogen-bond acceptors (Lipinski definition) is 5. The van der Waals surface area contributed by atoms with Gasteiger partial charge in [-0.05, 0) is 42.5 Å². The number of carboxylic acid groups (broad SMARTS) is 1. The number of halogens is 5. The van der Waals surface area contributed by atoms with Crippen LogP contribution in [-0.4, -0.2) is 66.0 Å². The standard InChI is InChI=1S/C24H22F2N4O2.C2HF3O2/c25-20-12-17(30-7-9-32-10-8-30)13-21(26)18(20)2-1-16-11-15(3-5-27-16)23-14-19-22(29-23)4-6-28-24(19)31;3-2(4,5)1(6)7/h1-3,5,11-14,29H,4,6-10H2,(H,28,31);(H,6,7)/b2-1+;. The van der Waals surface area contributed by atoms with Crippen LogP contribution < -0.4 is 10.2 Å². The zero-order chi connectivity index (χ0) is 28.2. The van der Waals surface area contributed by atoms with Gasteiger partial charge in [-0.1, -0.05) is 0 Å². The number of rotatable bonds is 4. The molecule has 1 aromatic carbocycles. The number of ether oxygens (including phenoxy) is 1. The van der Waals surface area contributed by atoms with E-state index in [2.05, 4.69) is 15.3 Å². The van der Waals surface area contributed by atoms with Gasteiger partial charge in [0.05, 0.1) is 24.5 Å². The van der Waals surface area contributed by atoms with Gasteiger partial charge in [-0.25, -0.2) is 13.6 Å². The number of anilines is 1. The minimum absolute atomic E-state index is 0.0885. The van der Waals surface area contributed by atoms with E-state index < -0.39 is 23.8 Å². The number of alkyl halides is 3. The van der Waals surface area contributed by atoms with Crippen LogP contribution in [0.3, 0.4) is 0 Å². The predicted molar refractivity (Wildman–Crippen MR) is 132 cm³/mol. The maximum absolute atomic E-state index is 14.7. The highest BCUT2D eigenvalue weighted by atomic mass is 19.4. The van der Waals surface area contributed by atoms with E-state index in [4.69, 9.17) is 14.6 Å². The van der Waals surface area contributed by atoms with E-state index in [1.165, 1.54) is 18.2 Å². The van der Waals surface area contributed by atoms with Gasteiger partial charge < -0.3 is 25.0 Å². The molecule has 2 aliphatic heterocycles. The van der Waals surface area contributed by atoms with Crippen LogP contribution >= 0.6 is 0 Å². The number of carboxylic acids is 1. The maximum Gasteiger partial charge on any atom is 0.490 e. The van der Waals surface area contributed by atoms with E-state index in [-0.39, 0.29) is 11.5 Å². The largest absolute Gasteiger partial charge is 0.490 e. The zero-order valence-electron chi connectivity index (χ0n) is 20.3. The molecule has 0 aliphatic carbocycles. The van der Waals surface area contributed by atoms with Gasteiger partial charge in [0.1, 0.15) is 11.6 Å². The number of H-pyrrole nitrogens is 1. The van der Waals surface area contributed by atoms with Crippen molar-refractivity contribution in [3.8, 4) is 11.3 Å². The van der Waals surface area contributed by atoms with Crippen molar-refractivity contribution in [2.45, 2.75) is 12.6 Å². The highest BCUT2D eigenvalue weighted by molar-refractivity contribution is 5.97. The molecule has 4 heterocycles. The van der Waals surface area contributed by atoms with Gasteiger partial charge in [-0.15, -0.1) is 0 Å². The molecule has 0 bridgehead atoms. The summed E-state index contributed by atoms with van der Waals surface area (Å²) in [6.07, 6.45) is 0.267. The van der Waals surface area contributed by atoms with Gasteiger partial charge in [0, 0.05) is 60.5 Å². The molecule has 1 saturated heterocycles. The normalized spacial score (nSPS) is 15.4. The molecule has 0 atom stereocenters. The number of amides is 1. The van der Waals surface area contributed by atoms with Gasteiger partial charge in [0.2, 0.25) is 0 Å². The minimum atomic E-state index is -5.08. The van der Waals surface area contributed by atoms with Crippen molar-refractivity contribution in [3.05, 3.63) is 70.7 Å². The molecule has 3 aromatic rings. The third-order valence-electron chi connectivity index (χ3n) is 6.00. The van der Waals surface area contributed by atoms with Crippen LogP contribution in [0.15, 0.2) is 36.5 Å². The molecule has 13 heteroatoms. The maximum atomic E-state index is 14.7. The summed E-state index contributed by atoms with van der Waals surface area (Å²) in [5, 5.41) is 9.95. The summed E-state index contributed by atoms with van der Waals surface area (Å²) in [5.74, 6) is -4.09. The molecule has 5 rings (SSSR count). The Morgan fingerprint density at radius 1 is 1.08 bits per heavy atom. The average molecular weight is 550 g/mol. The minimum Gasteiger partial charge on any atom is -0.475 e.